The molecule has 3 rings (SSSR count). The van der Waals surface area contributed by atoms with Gasteiger partial charge in [0.15, 0.2) is 5.65 Å². The van der Waals surface area contributed by atoms with Crippen LogP contribution >= 0.6 is 11.6 Å². The summed E-state index contributed by atoms with van der Waals surface area (Å²) in [4.78, 5) is 21.5. The maximum absolute atomic E-state index is 14.1. The van der Waals surface area contributed by atoms with Crippen LogP contribution in [0.4, 0.5) is 10.1 Å². The third kappa shape index (κ3) is 5.29. The Morgan fingerprint density at radius 1 is 1.32 bits per heavy atom. The van der Waals surface area contributed by atoms with E-state index in [0.29, 0.717) is 27.6 Å². The van der Waals surface area contributed by atoms with Crippen LogP contribution in [0.3, 0.4) is 0 Å². The summed E-state index contributed by atoms with van der Waals surface area (Å²) < 4.78 is 15.6. The van der Waals surface area contributed by atoms with E-state index in [1.165, 1.54) is 26.2 Å². The zero-order valence-corrected chi connectivity index (χ0v) is 18.6. The van der Waals surface area contributed by atoms with Gasteiger partial charge in [0.25, 0.3) is 5.91 Å². The number of hydrogen-bond donors (Lipinski definition) is 3. The molecule has 0 aliphatic heterocycles. The zero-order chi connectivity index (χ0) is 22.8. The van der Waals surface area contributed by atoms with Gasteiger partial charge in [0.1, 0.15) is 6.17 Å². The van der Waals surface area contributed by atoms with Gasteiger partial charge in [-0.25, -0.2) is 13.9 Å². The molecule has 0 aromatic carbocycles. The van der Waals surface area contributed by atoms with Gasteiger partial charge in [-0.05, 0) is 33.3 Å². The fourth-order valence-electron chi connectivity index (χ4n) is 2.83. The number of nitrogens with zero attached hydrogens (tertiary/aromatic N) is 4. The van der Waals surface area contributed by atoms with Crippen molar-refractivity contribution in [1.82, 2.24) is 24.9 Å². The van der Waals surface area contributed by atoms with Gasteiger partial charge in [0.2, 0.25) is 0 Å². The van der Waals surface area contributed by atoms with Gasteiger partial charge in [-0.1, -0.05) is 18.5 Å². The van der Waals surface area contributed by atoms with Gasteiger partial charge in [-0.2, -0.15) is 5.10 Å². The molecular formula is C21H26ClFN6O2. The third-order valence-corrected chi connectivity index (χ3v) is 5.17. The fraction of sp³-hybridized carbons (Fsp3) is 0.429. The van der Waals surface area contributed by atoms with Gasteiger partial charge in [-0.3, -0.25) is 9.78 Å². The molecule has 0 saturated carbocycles. The largest absolute Gasteiger partial charge is 0.387 e. The highest BCUT2D eigenvalue weighted by atomic mass is 35.5. The van der Waals surface area contributed by atoms with Crippen LogP contribution in [0.25, 0.3) is 16.9 Å². The van der Waals surface area contributed by atoms with Crippen molar-refractivity contribution in [3.63, 3.8) is 0 Å². The minimum absolute atomic E-state index is 0.0907. The Bertz CT molecular complexity index is 1080. The van der Waals surface area contributed by atoms with E-state index in [0.717, 1.165) is 6.42 Å². The van der Waals surface area contributed by atoms with Crippen LogP contribution < -0.4 is 10.6 Å². The van der Waals surface area contributed by atoms with E-state index in [2.05, 4.69) is 25.7 Å². The molecule has 1 amide bonds. The van der Waals surface area contributed by atoms with E-state index in [4.69, 9.17) is 11.6 Å². The summed E-state index contributed by atoms with van der Waals surface area (Å²) in [7, 11) is 0. The first-order valence-electron chi connectivity index (χ1n) is 10.0. The molecule has 31 heavy (non-hydrogen) atoms. The van der Waals surface area contributed by atoms with Gasteiger partial charge >= 0.3 is 0 Å². The molecule has 0 bridgehead atoms. The molecule has 0 spiro atoms. The van der Waals surface area contributed by atoms with Crippen LogP contribution in [-0.2, 0) is 0 Å². The first-order chi connectivity index (χ1) is 14.6. The summed E-state index contributed by atoms with van der Waals surface area (Å²) in [6, 6.07) is 1.84. The Labute approximate surface area is 184 Å². The number of alkyl halides is 1. The van der Waals surface area contributed by atoms with Crippen LogP contribution in [0.2, 0.25) is 5.02 Å². The minimum Gasteiger partial charge on any atom is -0.387 e. The topological polar surface area (TPSA) is 104 Å². The summed E-state index contributed by atoms with van der Waals surface area (Å²) >= 11 is 5.97. The number of fused-ring (bicyclic) bond motifs is 1. The van der Waals surface area contributed by atoms with Crippen LogP contribution in [0, 0.1) is 0 Å². The second-order valence-corrected chi connectivity index (χ2v) is 8.44. The SMILES string of the molecule is CCC(C)Nc1cc(-c2cnn3cc(Cl)cnc23)ncc1C(=O)NCC(F)C(C)(C)O. The van der Waals surface area contributed by atoms with Crippen LogP contribution in [0.5, 0.6) is 0 Å². The molecule has 166 valence electrons. The lowest BCUT2D eigenvalue weighted by molar-refractivity contribution is -0.00177. The summed E-state index contributed by atoms with van der Waals surface area (Å²) in [5, 5.41) is 20.3. The van der Waals surface area contributed by atoms with Crippen molar-refractivity contribution in [1.29, 1.82) is 0 Å². The van der Waals surface area contributed by atoms with E-state index < -0.39 is 17.7 Å². The maximum Gasteiger partial charge on any atom is 0.255 e. The van der Waals surface area contributed by atoms with Crippen LogP contribution in [-0.4, -0.2) is 55.0 Å². The normalized spacial score (nSPS) is 13.8. The molecule has 3 aromatic rings. The van der Waals surface area contributed by atoms with Crippen molar-refractivity contribution in [2.24, 2.45) is 0 Å². The summed E-state index contributed by atoms with van der Waals surface area (Å²) in [6.07, 6.45) is 5.46. The number of hydrogen-bond acceptors (Lipinski definition) is 6. The Balaban J connectivity index is 1.94. The molecular weight excluding hydrogens is 423 g/mol. The second kappa shape index (κ2) is 9.15. The van der Waals surface area contributed by atoms with Crippen molar-refractivity contribution < 1.29 is 14.3 Å². The number of aliphatic hydroxyl groups is 1. The average Bonchev–Trinajstić information content (AvgIpc) is 3.13. The van der Waals surface area contributed by atoms with Gasteiger partial charge in [-0.15, -0.1) is 0 Å². The predicted molar refractivity (Wildman–Crippen MR) is 118 cm³/mol. The molecule has 3 aromatic heterocycles. The Morgan fingerprint density at radius 2 is 2.06 bits per heavy atom. The summed E-state index contributed by atoms with van der Waals surface area (Å²) in [6.45, 7) is 6.41. The molecule has 3 heterocycles. The number of nitrogens with one attached hydrogen (secondary N) is 2. The standard InChI is InChI=1S/C21H26ClFN6O2/c1-5-12(2)28-17-6-16(14-9-27-29-11-13(22)7-25-19(14)29)24-8-15(17)20(30)26-10-18(23)21(3,4)31/h6-9,11-12,18,31H,5,10H2,1-4H3,(H,24,28)(H,26,30). The van der Waals surface area contributed by atoms with Crippen molar-refractivity contribution in [3.8, 4) is 11.3 Å². The lowest BCUT2D eigenvalue weighted by atomic mass is 10.0. The monoisotopic (exact) mass is 448 g/mol. The van der Waals surface area contributed by atoms with Crippen molar-refractivity contribution in [2.75, 3.05) is 11.9 Å². The van der Waals surface area contributed by atoms with Crippen molar-refractivity contribution >= 4 is 28.8 Å². The first kappa shape index (κ1) is 22.9. The summed E-state index contributed by atoms with van der Waals surface area (Å²) in [5.41, 5.74) is 1.12. The molecule has 2 atom stereocenters. The molecule has 0 aliphatic carbocycles. The number of rotatable bonds is 8. The van der Waals surface area contributed by atoms with Crippen LogP contribution in [0.1, 0.15) is 44.5 Å². The van der Waals surface area contributed by atoms with E-state index in [1.54, 1.807) is 23.0 Å². The van der Waals surface area contributed by atoms with Crippen LogP contribution in [0.15, 0.2) is 30.9 Å². The van der Waals surface area contributed by atoms with E-state index in [1.807, 2.05) is 13.8 Å². The van der Waals surface area contributed by atoms with Crippen molar-refractivity contribution in [2.45, 2.75) is 51.9 Å². The number of aromatic nitrogens is 4. The van der Waals surface area contributed by atoms with Gasteiger partial charge < -0.3 is 15.7 Å². The quantitative estimate of drug-likeness (QED) is 0.487. The molecule has 0 aliphatic rings. The lowest BCUT2D eigenvalue weighted by Gasteiger charge is -2.23. The fourth-order valence-corrected chi connectivity index (χ4v) is 2.97. The first-order valence-corrected chi connectivity index (χ1v) is 10.4. The highest BCUT2D eigenvalue weighted by Crippen LogP contribution is 2.27. The smallest absolute Gasteiger partial charge is 0.255 e. The zero-order valence-electron chi connectivity index (χ0n) is 17.9. The van der Waals surface area contributed by atoms with Gasteiger partial charge in [0, 0.05) is 18.4 Å². The van der Waals surface area contributed by atoms with Crippen molar-refractivity contribution in [3.05, 3.63) is 41.4 Å². The molecule has 2 unspecified atom stereocenters. The van der Waals surface area contributed by atoms with E-state index in [-0.39, 0.29) is 18.2 Å². The predicted octanol–water partition coefficient (Wildman–Crippen LogP) is 3.49. The minimum atomic E-state index is -1.61. The highest BCUT2D eigenvalue weighted by Gasteiger charge is 2.27. The number of amides is 1. The molecule has 0 saturated heterocycles. The number of carbonyl (C=O) groups excluding carboxylic acids is 1. The number of anilines is 1. The Hall–Kier alpha value is -2.78. The van der Waals surface area contributed by atoms with E-state index >= 15 is 0 Å². The van der Waals surface area contributed by atoms with Gasteiger partial charge in [0.05, 0.1) is 52.1 Å². The number of halogens is 2. The lowest BCUT2D eigenvalue weighted by Crippen LogP contribution is -2.42. The molecule has 3 N–H and O–H groups in total. The molecule has 0 fully saturated rings. The van der Waals surface area contributed by atoms with E-state index in [9.17, 15) is 14.3 Å². The molecule has 0 radical (unpaired) electrons. The number of carbonyl (C=O) groups is 1. The average molecular weight is 449 g/mol. The Kier molecular flexibility index (Phi) is 6.76. The molecule has 8 nitrogen and oxygen atoms in total. The maximum atomic E-state index is 14.1. The highest BCUT2D eigenvalue weighted by molar-refractivity contribution is 6.30. The third-order valence-electron chi connectivity index (χ3n) is 4.97. The molecule has 10 heteroatoms. The number of pyridine rings is 1. The Morgan fingerprint density at radius 3 is 2.74 bits per heavy atom. The summed E-state index contributed by atoms with van der Waals surface area (Å²) in [5.74, 6) is -0.485. The second-order valence-electron chi connectivity index (χ2n) is 8.00.